The largest absolute Gasteiger partial charge is 0.354 e. The standard InChI is InChI=1S/C20H21Cl2N3O4S/c1-12(26)24-8-5-13(6-9-24)18(27)23-7-10-25-19(28)16(30-20(25)29)11-14-3-2-4-15(21)17(14)22/h2-4,11,13H,5-10H2,1H3,(H,23,27)/b16-11-. The van der Waals surface area contributed by atoms with E-state index in [9.17, 15) is 19.2 Å². The number of imide groups is 1. The summed E-state index contributed by atoms with van der Waals surface area (Å²) in [4.78, 5) is 51.6. The zero-order chi connectivity index (χ0) is 21.8. The molecular weight excluding hydrogens is 449 g/mol. The van der Waals surface area contributed by atoms with Crippen LogP contribution in [0.4, 0.5) is 4.79 Å². The van der Waals surface area contributed by atoms with Crippen molar-refractivity contribution in [2.24, 2.45) is 5.92 Å². The van der Waals surface area contributed by atoms with Crippen LogP contribution in [0, 0.1) is 5.92 Å². The second-order valence-electron chi connectivity index (χ2n) is 7.05. The number of nitrogens with zero attached hydrogens (tertiary/aromatic N) is 2. The molecule has 30 heavy (non-hydrogen) atoms. The zero-order valence-corrected chi connectivity index (χ0v) is 18.6. The van der Waals surface area contributed by atoms with E-state index in [2.05, 4.69) is 5.32 Å². The Hall–Kier alpha value is -2.03. The summed E-state index contributed by atoms with van der Waals surface area (Å²) >= 11 is 13.0. The van der Waals surface area contributed by atoms with Gasteiger partial charge in [0.05, 0.1) is 15.0 Å². The van der Waals surface area contributed by atoms with Crippen LogP contribution < -0.4 is 5.32 Å². The molecule has 10 heteroatoms. The van der Waals surface area contributed by atoms with Gasteiger partial charge in [0.2, 0.25) is 11.8 Å². The number of nitrogens with one attached hydrogen (secondary N) is 1. The third-order valence-electron chi connectivity index (χ3n) is 5.09. The van der Waals surface area contributed by atoms with Gasteiger partial charge >= 0.3 is 0 Å². The number of hydrogen-bond donors (Lipinski definition) is 1. The predicted octanol–water partition coefficient (Wildman–Crippen LogP) is 3.40. The van der Waals surface area contributed by atoms with Crippen molar-refractivity contribution in [3.05, 3.63) is 38.7 Å². The normalized spacial score (nSPS) is 19.0. The van der Waals surface area contributed by atoms with Gasteiger partial charge in [-0.05, 0) is 42.3 Å². The molecule has 2 aliphatic heterocycles. The van der Waals surface area contributed by atoms with Gasteiger partial charge in [-0.25, -0.2) is 0 Å². The lowest BCUT2D eigenvalue weighted by Gasteiger charge is -2.30. The minimum Gasteiger partial charge on any atom is -0.354 e. The van der Waals surface area contributed by atoms with Crippen LogP contribution in [-0.4, -0.2) is 58.9 Å². The Labute approximate surface area is 188 Å². The van der Waals surface area contributed by atoms with E-state index in [1.807, 2.05) is 0 Å². The molecule has 0 radical (unpaired) electrons. The monoisotopic (exact) mass is 469 g/mol. The third-order valence-corrected chi connectivity index (χ3v) is 6.83. The highest BCUT2D eigenvalue weighted by Gasteiger charge is 2.35. The highest BCUT2D eigenvalue weighted by atomic mass is 35.5. The molecule has 0 atom stereocenters. The fourth-order valence-electron chi connectivity index (χ4n) is 3.36. The molecule has 7 nitrogen and oxygen atoms in total. The molecule has 0 saturated carbocycles. The summed E-state index contributed by atoms with van der Waals surface area (Å²) in [6.45, 7) is 2.91. The molecule has 2 heterocycles. The number of halogens is 2. The number of carbonyl (C=O) groups excluding carboxylic acids is 4. The average Bonchev–Trinajstić information content (AvgIpc) is 2.98. The SMILES string of the molecule is CC(=O)N1CCC(C(=O)NCCN2C(=O)S/C(=C\c3cccc(Cl)c3Cl)C2=O)CC1. The smallest absolute Gasteiger partial charge is 0.293 e. The Bertz CT molecular complexity index is 913. The maximum atomic E-state index is 12.6. The molecular formula is C20H21Cl2N3O4S. The predicted molar refractivity (Wildman–Crippen MR) is 117 cm³/mol. The number of thioether (sulfide) groups is 1. The van der Waals surface area contributed by atoms with Crippen LogP contribution in [0.2, 0.25) is 10.0 Å². The quantitative estimate of drug-likeness (QED) is 0.667. The van der Waals surface area contributed by atoms with Crippen molar-refractivity contribution in [2.75, 3.05) is 26.2 Å². The Kier molecular flexibility index (Phi) is 7.44. The zero-order valence-electron chi connectivity index (χ0n) is 16.3. The van der Waals surface area contributed by atoms with Crippen LogP contribution in [-0.2, 0) is 14.4 Å². The lowest BCUT2D eigenvalue weighted by Crippen LogP contribution is -2.44. The maximum Gasteiger partial charge on any atom is 0.293 e. The molecule has 0 bridgehead atoms. The number of amides is 4. The fraction of sp³-hybridized carbons (Fsp3) is 0.400. The third kappa shape index (κ3) is 5.17. The summed E-state index contributed by atoms with van der Waals surface area (Å²) in [5.74, 6) is -0.697. The molecule has 2 saturated heterocycles. The van der Waals surface area contributed by atoms with Crippen LogP contribution in [0.5, 0.6) is 0 Å². The topological polar surface area (TPSA) is 86.8 Å². The molecule has 1 aromatic rings. The lowest BCUT2D eigenvalue weighted by atomic mass is 9.96. The second-order valence-corrected chi connectivity index (χ2v) is 8.83. The van der Waals surface area contributed by atoms with Crippen LogP contribution in [0.1, 0.15) is 25.3 Å². The minimum atomic E-state index is -0.426. The first kappa shape index (κ1) is 22.7. The van der Waals surface area contributed by atoms with Crippen molar-refractivity contribution < 1.29 is 19.2 Å². The minimum absolute atomic E-state index is 0.0142. The summed E-state index contributed by atoms with van der Waals surface area (Å²) in [5, 5.41) is 3.07. The molecule has 1 aromatic carbocycles. The summed E-state index contributed by atoms with van der Waals surface area (Å²) in [7, 11) is 0. The molecule has 3 rings (SSSR count). The molecule has 160 valence electrons. The van der Waals surface area contributed by atoms with E-state index < -0.39 is 11.1 Å². The highest BCUT2D eigenvalue weighted by molar-refractivity contribution is 8.18. The van der Waals surface area contributed by atoms with Gasteiger partial charge in [0.1, 0.15) is 0 Å². The Morgan fingerprint density at radius 3 is 2.60 bits per heavy atom. The van der Waals surface area contributed by atoms with Crippen molar-refractivity contribution in [1.82, 2.24) is 15.1 Å². The van der Waals surface area contributed by atoms with Gasteiger partial charge in [-0.2, -0.15) is 0 Å². The van der Waals surface area contributed by atoms with Crippen molar-refractivity contribution in [3.63, 3.8) is 0 Å². The molecule has 1 N–H and O–H groups in total. The van der Waals surface area contributed by atoms with E-state index in [1.54, 1.807) is 29.2 Å². The van der Waals surface area contributed by atoms with Crippen LogP contribution in [0.15, 0.2) is 23.1 Å². The summed E-state index contributed by atoms with van der Waals surface area (Å²) < 4.78 is 0. The number of rotatable bonds is 5. The van der Waals surface area contributed by atoms with Crippen molar-refractivity contribution in [3.8, 4) is 0 Å². The summed E-state index contributed by atoms with van der Waals surface area (Å²) in [5.41, 5.74) is 0.555. The fourth-order valence-corrected chi connectivity index (χ4v) is 4.58. The van der Waals surface area contributed by atoms with Gasteiger partial charge in [0, 0.05) is 39.0 Å². The lowest BCUT2D eigenvalue weighted by molar-refractivity contribution is -0.133. The van der Waals surface area contributed by atoms with E-state index in [0.29, 0.717) is 41.5 Å². The van der Waals surface area contributed by atoms with Crippen LogP contribution in [0.25, 0.3) is 6.08 Å². The van der Waals surface area contributed by atoms with E-state index >= 15 is 0 Å². The van der Waals surface area contributed by atoms with Gasteiger partial charge in [0.25, 0.3) is 11.1 Å². The molecule has 2 fully saturated rings. The highest BCUT2D eigenvalue weighted by Crippen LogP contribution is 2.34. The molecule has 4 amide bonds. The number of carbonyl (C=O) groups is 4. The first-order valence-electron chi connectivity index (χ1n) is 9.50. The van der Waals surface area contributed by atoms with Crippen molar-refractivity contribution >= 4 is 64.0 Å². The first-order valence-corrected chi connectivity index (χ1v) is 11.1. The van der Waals surface area contributed by atoms with E-state index in [4.69, 9.17) is 23.2 Å². The number of piperidine rings is 1. The van der Waals surface area contributed by atoms with Crippen LogP contribution in [0.3, 0.4) is 0 Å². The van der Waals surface area contributed by atoms with Crippen molar-refractivity contribution in [1.29, 1.82) is 0 Å². The molecule has 2 aliphatic rings. The molecule has 0 aromatic heterocycles. The van der Waals surface area contributed by atoms with Gasteiger partial charge < -0.3 is 10.2 Å². The van der Waals surface area contributed by atoms with E-state index in [1.165, 1.54) is 6.92 Å². The molecule has 0 unspecified atom stereocenters. The second kappa shape index (κ2) is 9.85. The summed E-state index contributed by atoms with van der Waals surface area (Å²) in [6.07, 6.45) is 2.76. The number of benzene rings is 1. The molecule has 0 aliphatic carbocycles. The maximum absolute atomic E-state index is 12.6. The Morgan fingerprint density at radius 1 is 1.23 bits per heavy atom. The Morgan fingerprint density at radius 2 is 1.93 bits per heavy atom. The van der Waals surface area contributed by atoms with Crippen molar-refractivity contribution in [2.45, 2.75) is 19.8 Å². The van der Waals surface area contributed by atoms with Gasteiger partial charge in [-0.15, -0.1) is 0 Å². The first-order chi connectivity index (χ1) is 14.3. The summed E-state index contributed by atoms with van der Waals surface area (Å²) in [6, 6.07) is 5.06. The van der Waals surface area contributed by atoms with E-state index in [0.717, 1.165) is 16.7 Å². The Balaban J connectivity index is 1.53. The van der Waals surface area contributed by atoms with Gasteiger partial charge in [-0.3, -0.25) is 24.1 Å². The van der Waals surface area contributed by atoms with E-state index in [-0.39, 0.29) is 35.7 Å². The number of hydrogen-bond acceptors (Lipinski definition) is 5. The van der Waals surface area contributed by atoms with Gasteiger partial charge in [0.15, 0.2) is 0 Å². The average molecular weight is 470 g/mol. The number of likely N-dealkylation sites (tertiary alicyclic amines) is 1. The van der Waals surface area contributed by atoms with Gasteiger partial charge in [-0.1, -0.05) is 35.3 Å². The van der Waals surface area contributed by atoms with Crippen LogP contribution >= 0.6 is 35.0 Å². The molecule has 0 spiro atoms.